The second-order valence-corrected chi connectivity index (χ2v) is 12.3. The van der Waals surface area contributed by atoms with Gasteiger partial charge in [-0.3, -0.25) is 4.79 Å². The van der Waals surface area contributed by atoms with Crippen LogP contribution in [0.4, 0.5) is 5.13 Å². The van der Waals surface area contributed by atoms with Crippen LogP contribution in [-0.4, -0.2) is 28.7 Å². The van der Waals surface area contributed by atoms with Crippen molar-refractivity contribution in [1.29, 1.82) is 5.26 Å². The highest BCUT2D eigenvalue weighted by Crippen LogP contribution is 2.67. The van der Waals surface area contributed by atoms with Crippen LogP contribution in [0.5, 0.6) is 5.75 Å². The van der Waals surface area contributed by atoms with Crippen LogP contribution in [0.15, 0.2) is 24.4 Å². The molecule has 186 valence electrons. The SMILES string of the molecule is COc1ccc2c(c1)CCC1C2CC[C@@]2(C)C1[C@H](CCC(=O)Nc1ncc(C)s1)C[C@@]2(O)CC#N. The summed E-state index contributed by atoms with van der Waals surface area (Å²) < 4.78 is 5.47. The number of aromatic nitrogens is 1. The average molecular weight is 494 g/mol. The monoisotopic (exact) mass is 493 g/mol. The first-order valence-corrected chi connectivity index (χ1v) is 13.6. The van der Waals surface area contributed by atoms with Crippen molar-refractivity contribution in [2.24, 2.45) is 23.2 Å². The number of aliphatic hydroxyl groups is 1. The van der Waals surface area contributed by atoms with Crippen molar-refractivity contribution < 1.29 is 14.6 Å². The number of methoxy groups -OCH3 is 1. The predicted octanol–water partition coefficient (Wildman–Crippen LogP) is 5.61. The molecule has 0 spiro atoms. The number of carbonyl (C=O) groups is 1. The molecule has 2 fully saturated rings. The number of rotatable bonds is 6. The quantitative estimate of drug-likeness (QED) is 0.546. The van der Waals surface area contributed by atoms with Gasteiger partial charge >= 0.3 is 0 Å². The fraction of sp³-hybridized carbons (Fsp3) is 0.607. The Morgan fingerprint density at radius 3 is 2.94 bits per heavy atom. The molecule has 3 aliphatic carbocycles. The van der Waals surface area contributed by atoms with Crippen LogP contribution in [-0.2, 0) is 11.2 Å². The largest absolute Gasteiger partial charge is 0.497 e. The minimum Gasteiger partial charge on any atom is -0.497 e. The number of nitrogens with one attached hydrogen (secondary N) is 1. The number of anilines is 1. The normalized spacial score (nSPS) is 33.2. The van der Waals surface area contributed by atoms with Crippen LogP contribution in [0.25, 0.3) is 0 Å². The van der Waals surface area contributed by atoms with Crippen LogP contribution < -0.4 is 10.1 Å². The van der Waals surface area contributed by atoms with Crippen molar-refractivity contribution >= 4 is 22.4 Å². The molecule has 3 unspecified atom stereocenters. The van der Waals surface area contributed by atoms with E-state index in [0.717, 1.165) is 42.7 Å². The van der Waals surface area contributed by atoms with E-state index in [1.54, 1.807) is 13.3 Å². The molecule has 2 N–H and O–H groups in total. The van der Waals surface area contributed by atoms with Crippen molar-refractivity contribution in [3.63, 3.8) is 0 Å². The molecule has 5 rings (SSSR count). The van der Waals surface area contributed by atoms with Crippen LogP contribution >= 0.6 is 11.3 Å². The van der Waals surface area contributed by atoms with Gasteiger partial charge in [0.05, 0.1) is 25.2 Å². The number of hydrogen-bond acceptors (Lipinski definition) is 6. The molecule has 2 saturated carbocycles. The molecular weight excluding hydrogens is 458 g/mol. The maximum absolute atomic E-state index is 12.7. The van der Waals surface area contributed by atoms with E-state index in [1.807, 2.05) is 6.92 Å². The van der Waals surface area contributed by atoms with Gasteiger partial charge in [-0.15, -0.1) is 11.3 Å². The van der Waals surface area contributed by atoms with E-state index in [-0.39, 0.29) is 23.7 Å². The first kappa shape index (κ1) is 24.3. The minimum absolute atomic E-state index is 0.0229. The van der Waals surface area contributed by atoms with Crippen LogP contribution in [0.2, 0.25) is 0 Å². The van der Waals surface area contributed by atoms with Gasteiger partial charge in [-0.2, -0.15) is 5.26 Å². The van der Waals surface area contributed by atoms with Crippen molar-refractivity contribution in [1.82, 2.24) is 4.98 Å². The van der Waals surface area contributed by atoms with Crippen molar-refractivity contribution in [2.75, 3.05) is 12.4 Å². The Bertz CT molecular complexity index is 1160. The third kappa shape index (κ3) is 4.15. The zero-order valence-electron chi connectivity index (χ0n) is 20.8. The topological polar surface area (TPSA) is 95.2 Å². The maximum Gasteiger partial charge on any atom is 0.226 e. The summed E-state index contributed by atoms with van der Waals surface area (Å²) in [7, 11) is 1.71. The molecule has 6 nitrogen and oxygen atoms in total. The predicted molar refractivity (Wildman–Crippen MR) is 136 cm³/mol. The summed E-state index contributed by atoms with van der Waals surface area (Å²) >= 11 is 1.48. The summed E-state index contributed by atoms with van der Waals surface area (Å²) in [6.45, 7) is 4.19. The number of nitrogens with zero attached hydrogens (tertiary/aromatic N) is 2. The number of hydrogen-bond donors (Lipinski definition) is 2. The zero-order valence-corrected chi connectivity index (χ0v) is 21.7. The molecule has 0 aliphatic heterocycles. The molecule has 2 aromatic rings. The third-order valence-corrected chi connectivity index (χ3v) is 10.2. The summed E-state index contributed by atoms with van der Waals surface area (Å²) in [4.78, 5) is 18.1. The lowest BCUT2D eigenvalue weighted by Crippen LogP contribution is -2.51. The van der Waals surface area contributed by atoms with Gasteiger partial charge in [0.1, 0.15) is 5.75 Å². The molecule has 7 heteroatoms. The van der Waals surface area contributed by atoms with Gasteiger partial charge in [0, 0.05) is 22.9 Å². The lowest BCUT2D eigenvalue weighted by Gasteiger charge is -2.53. The van der Waals surface area contributed by atoms with Gasteiger partial charge in [0.2, 0.25) is 5.91 Å². The molecule has 0 radical (unpaired) electrons. The van der Waals surface area contributed by atoms with E-state index in [1.165, 1.54) is 22.5 Å². The van der Waals surface area contributed by atoms with Gasteiger partial charge in [-0.25, -0.2) is 4.98 Å². The summed E-state index contributed by atoms with van der Waals surface area (Å²) in [5.74, 6) is 2.31. The molecule has 1 aromatic carbocycles. The Morgan fingerprint density at radius 1 is 1.40 bits per heavy atom. The standard InChI is InChI=1S/C28H35N3O3S/c1-17-16-30-26(35-17)31-24(32)9-5-19-15-28(33,12-13-29)27(2)11-10-22-21-8-6-20(34-3)14-18(21)4-7-23(22)25(19)27/h6,8,14,16,19,22-23,25,33H,4-5,7,9-12,15H2,1-3H3,(H,30,31,32)/t19-,22?,23?,25?,27+,28+/m1/s1. The lowest BCUT2D eigenvalue weighted by molar-refractivity contribution is -0.116. The van der Waals surface area contributed by atoms with E-state index in [9.17, 15) is 15.2 Å². The molecule has 1 heterocycles. The Kier molecular flexibility index (Phi) is 6.39. The van der Waals surface area contributed by atoms with E-state index in [2.05, 4.69) is 41.5 Å². The highest BCUT2D eigenvalue weighted by atomic mass is 32.1. The minimum atomic E-state index is -0.995. The maximum atomic E-state index is 12.7. The summed E-state index contributed by atoms with van der Waals surface area (Å²) in [6.07, 6.45) is 7.68. The first-order chi connectivity index (χ1) is 16.8. The van der Waals surface area contributed by atoms with E-state index < -0.39 is 5.60 Å². The van der Waals surface area contributed by atoms with Crippen LogP contribution in [0, 0.1) is 41.4 Å². The molecule has 1 amide bonds. The lowest BCUT2D eigenvalue weighted by atomic mass is 9.52. The highest BCUT2D eigenvalue weighted by Gasteiger charge is 2.64. The number of ether oxygens (including phenoxy) is 1. The second-order valence-electron chi connectivity index (χ2n) is 11.0. The summed E-state index contributed by atoms with van der Waals surface area (Å²) in [5.41, 5.74) is 1.51. The Balaban J connectivity index is 1.39. The van der Waals surface area contributed by atoms with Gasteiger partial charge in [0.25, 0.3) is 0 Å². The number of carbonyl (C=O) groups excluding carboxylic acids is 1. The van der Waals surface area contributed by atoms with Crippen molar-refractivity contribution in [3.05, 3.63) is 40.4 Å². The smallest absolute Gasteiger partial charge is 0.226 e. The molecule has 3 aliphatic rings. The zero-order chi connectivity index (χ0) is 24.8. The molecular formula is C28H35N3O3S. The fourth-order valence-electron chi connectivity index (χ4n) is 7.74. The number of fused-ring (bicyclic) bond motifs is 5. The van der Waals surface area contributed by atoms with E-state index in [4.69, 9.17) is 4.74 Å². The number of aryl methyl sites for hydroxylation is 2. The molecule has 35 heavy (non-hydrogen) atoms. The Labute approximate surface area is 211 Å². The molecule has 0 bridgehead atoms. The summed E-state index contributed by atoms with van der Waals surface area (Å²) in [5, 5.41) is 25.0. The Hall–Kier alpha value is -2.43. The summed E-state index contributed by atoms with van der Waals surface area (Å²) in [6, 6.07) is 8.77. The van der Waals surface area contributed by atoms with Gasteiger partial charge < -0.3 is 15.2 Å². The van der Waals surface area contributed by atoms with Gasteiger partial charge in [-0.05, 0) is 92.4 Å². The number of thiazole rings is 1. The van der Waals surface area contributed by atoms with Crippen molar-refractivity contribution in [3.8, 4) is 11.8 Å². The fourth-order valence-corrected chi connectivity index (χ4v) is 8.42. The molecule has 0 saturated heterocycles. The number of nitriles is 1. The molecule has 6 atom stereocenters. The van der Waals surface area contributed by atoms with Crippen LogP contribution in [0.1, 0.15) is 73.8 Å². The molecule has 1 aromatic heterocycles. The highest BCUT2D eigenvalue weighted by molar-refractivity contribution is 7.15. The average Bonchev–Trinajstić information content (AvgIpc) is 3.34. The van der Waals surface area contributed by atoms with Gasteiger partial charge in [0.15, 0.2) is 5.13 Å². The number of amides is 1. The van der Waals surface area contributed by atoms with E-state index in [0.29, 0.717) is 35.7 Å². The number of benzene rings is 1. The van der Waals surface area contributed by atoms with Crippen LogP contribution in [0.3, 0.4) is 0 Å². The van der Waals surface area contributed by atoms with Crippen molar-refractivity contribution in [2.45, 2.75) is 76.7 Å². The first-order valence-electron chi connectivity index (χ1n) is 12.8. The van der Waals surface area contributed by atoms with E-state index >= 15 is 0 Å². The third-order valence-electron chi connectivity index (χ3n) is 9.34. The van der Waals surface area contributed by atoms with Gasteiger partial charge in [-0.1, -0.05) is 13.0 Å². The second kappa shape index (κ2) is 9.22. The Morgan fingerprint density at radius 2 is 2.23 bits per heavy atom.